The van der Waals surface area contributed by atoms with Crippen LogP contribution in [-0.4, -0.2) is 55.3 Å². The average Bonchev–Trinajstić information content (AvgIpc) is 2.73. The Labute approximate surface area is 166 Å². The molecule has 1 saturated heterocycles. The van der Waals surface area contributed by atoms with E-state index in [0.717, 1.165) is 35.6 Å². The molecule has 8 heteroatoms. The zero-order valence-electron chi connectivity index (χ0n) is 15.1. The molecule has 0 spiro atoms. The topological polar surface area (TPSA) is 49.9 Å². The highest BCUT2D eigenvalue weighted by atomic mass is 32.2. The van der Waals surface area contributed by atoms with Gasteiger partial charge in [0.05, 0.1) is 5.75 Å². The third-order valence-corrected chi connectivity index (χ3v) is 5.35. The summed E-state index contributed by atoms with van der Waals surface area (Å²) < 4.78 is 31.6. The molecule has 5 nitrogen and oxygen atoms in total. The molecule has 0 aliphatic carbocycles. The fourth-order valence-electron chi connectivity index (χ4n) is 2.85. The van der Waals surface area contributed by atoms with E-state index < -0.39 is 17.6 Å². The van der Waals surface area contributed by atoms with Crippen LogP contribution in [0.15, 0.2) is 53.4 Å². The van der Waals surface area contributed by atoms with Crippen molar-refractivity contribution >= 4 is 29.3 Å². The molecule has 2 aromatic rings. The van der Waals surface area contributed by atoms with Crippen molar-refractivity contribution in [2.75, 3.05) is 43.4 Å². The lowest BCUT2D eigenvalue weighted by molar-refractivity contribution is -0.150. The minimum absolute atomic E-state index is 0.0281. The Morgan fingerprint density at radius 1 is 1.00 bits per heavy atom. The van der Waals surface area contributed by atoms with Crippen molar-refractivity contribution in [1.82, 2.24) is 4.90 Å². The summed E-state index contributed by atoms with van der Waals surface area (Å²) in [6.45, 7) is 2.16. The number of hydrogen-bond acceptors (Lipinski definition) is 5. The quantitative estimate of drug-likeness (QED) is 0.545. The standard InChI is InChI=1S/C20H20F2N2O3S/c21-15-6-7-17(22)18(12-15)28-14-20(26)27-13-19(25)24-10-8-23(9-11-24)16-4-2-1-3-5-16/h1-7,12H,8-11,13-14H2. The number of carbonyl (C=O) groups is 2. The second kappa shape index (κ2) is 9.54. The molecule has 0 unspecified atom stereocenters. The highest BCUT2D eigenvalue weighted by molar-refractivity contribution is 8.00. The number of carbonyl (C=O) groups excluding carboxylic acids is 2. The lowest BCUT2D eigenvalue weighted by Gasteiger charge is -2.36. The first-order valence-electron chi connectivity index (χ1n) is 8.84. The molecular formula is C20H20F2N2O3S. The molecule has 3 rings (SSSR count). The van der Waals surface area contributed by atoms with Gasteiger partial charge in [0, 0.05) is 36.8 Å². The number of hydrogen-bond donors (Lipinski definition) is 0. The van der Waals surface area contributed by atoms with E-state index in [4.69, 9.17) is 4.74 Å². The zero-order chi connectivity index (χ0) is 19.9. The lowest BCUT2D eigenvalue weighted by atomic mass is 10.2. The number of ether oxygens (including phenoxy) is 1. The van der Waals surface area contributed by atoms with Gasteiger partial charge in [0.2, 0.25) is 0 Å². The molecule has 1 amide bonds. The Kier molecular flexibility index (Phi) is 6.86. The Balaban J connectivity index is 1.39. The molecule has 148 valence electrons. The first-order chi connectivity index (χ1) is 13.5. The van der Waals surface area contributed by atoms with Crippen LogP contribution in [0.1, 0.15) is 0 Å². The number of anilines is 1. The van der Waals surface area contributed by atoms with E-state index in [2.05, 4.69) is 4.90 Å². The molecule has 1 fully saturated rings. The predicted octanol–water partition coefficient (Wildman–Crippen LogP) is 2.95. The first-order valence-corrected chi connectivity index (χ1v) is 9.83. The molecule has 1 aliphatic heterocycles. The number of rotatable bonds is 6. The molecule has 0 atom stereocenters. The number of benzene rings is 2. The van der Waals surface area contributed by atoms with E-state index in [1.54, 1.807) is 4.90 Å². The number of esters is 1. The van der Waals surface area contributed by atoms with Gasteiger partial charge in [-0.3, -0.25) is 9.59 Å². The summed E-state index contributed by atoms with van der Waals surface area (Å²) in [5.74, 6) is -2.29. The van der Waals surface area contributed by atoms with Crippen LogP contribution in [0.5, 0.6) is 0 Å². The molecule has 0 radical (unpaired) electrons. The van der Waals surface area contributed by atoms with Crippen molar-refractivity contribution in [3.8, 4) is 0 Å². The number of para-hydroxylation sites is 1. The van der Waals surface area contributed by atoms with Gasteiger partial charge in [-0.25, -0.2) is 8.78 Å². The van der Waals surface area contributed by atoms with E-state index in [1.807, 2.05) is 30.3 Å². The highest BCUT2D eigenvalue weighted by Crippen LogP contribution is 2.22. The van der Waals surface area contributed by atoms with Crippen LogP contribution in [0.2, 0.25) is 0 Å². The first kappa shape index (κ1) is 20.1. The maximum atomic E-state index is 13.5. The second-order valence-corrected chi connectivity index (χ2v) is 7.24. The maximum Gasteiger partial charge on any atom is 0.316 e. The van der Waals surface area contributed by atoms with Gasteiger partial charge in [0.25, 0.3) is 5.91 Å². The molecule has 0 N–H and O–H groups in total. The number of nitrogens with zero attached hydrogens (tertiary/aromatic N) is 2. The highest BCUT2D eigenvalue weighted by Gasteiger charge is 2.22. The van der Waals surface area contributed by atoms with Gasteiger partial charge >= 0.3 is 5.97 Å². The van der Waals surface area contributed by atoms with Crippen LogP contribution >= 0.6 is 11.8 Å². The van der Waals surface area contributed by atoms with Crippen molar-refractivity contribution < 1.29 is 23.1 Å². The van der Waals surface area contributed by atoms with Crippen molar-refractivity contribution in [3.63, 3.8) is 0 Å². The zero-order valence-corrected chi connectivity index (χ0v) is 16.0. The number of amides is 1. The van der Waals surface area contributed by atoms with Crippen molar-refractivity contribution in [2.45, 2.75) is 4.90 Å². The molecule has 2 aromatic carbocycles. The molecule has 0 bridgehead atoms. The molecule has 0 aromatic heterocycles. The number of piperazine rings is 1. The minimum atomic E-state index is -0.648. The fraction of sp³-hybridized carbons (Fsp3) is 0.300. The number of thioether (sulfide) groups is 1. The Morgan fingerprint density at radius 3 is 2.43 bits per heavy atom. The van der Waals surface area contributed by atoms with Crippen molar-refractivity contribution in [3.05, 3.63) is 60.2 Å². The monoisotopic (exact) mass is 406 g/mol. The lowest BCUT2D eigenvalue weighted by Crippen LogP contribution is -2.49. The Morgan fingerprint density at radius 2 is 1.71 bits per heavy atom. The molecule has 1 aliphatic rings. The van der Waals surface area contributed by atoms with Gasteiger partial charge in [-0.1, -0.05) is 18.2 Å². The van der Waals surface area contributed by atoms with Gasteiger partial charge in [-0.2, -0.15) is 0 Å². The van der Waals surface area contributed by atoms with Gasteiger partial charge in [0.1, 0.15) is 11.6 Å². The minimum Gasteiger partial charge on any atom is -0.455 e. The van der Waals surface area contributed by atoms with E-state index in [1.165, 1.54) is 0 Å². The van der Waals surface area contributed by atoms with Gasteiger partial charge in [0.15, 0.2) is 6.61 Å². The molecular weight excluding hydrogens is 386 g/mol. The van der Waals surface area contributed by atoms with E-state index in [-0.39, 0.29) is 23.2 Å². The molecule has 0 saturated carbocycles. The smallest absolute Gasteiger partial charge is 0.316 e. The van der Waals surface area contributed by atoms with Crippen LogP contribution in [0.3, 0.4) is 0 Å². The summed E-state index contributed by atoms with van der Waals surface area (Å²) in [5, 5.41) is 0. The van der Waals surface area contributed by atoms with Crippen LogP contribution in [0, 0.1) is 11.6 Å². The van der Waals surface area contributed by atoms with Crippen LogP contribution in [0.4, 0.5) is 14.5 Å². The van der Waals surface area contributed by atoms with Crippen LogP contribution in [0.25, 0.3) is 0 Å². The average molecular weight is 406 g/mol. The van der Waals surface area contributed by atoms with E-state index in [9.17, 15) is 18.4 Å². The third-order valence-electron chi connectivity index (χ3n) is 4.35. The van der Waals surface area contributed by atoms with Crippen LogP contribution in [-0.2, 0) is 14.3 Å². The maximum absolute atomic E-state index is 13.5. The summed E-state index contributed by atoms with van der Waals surface area (Å²) in [7, 11) is 0. The van der Waals surface area contributed by atoms with Crippen molar-refractivity contribution in [1.29, 1.82) is 0 Å². The normalized spacial score (nSPS) is 14.1. The third kappa shape index (κ3) is 5.45. The Bertz CT molecular complexity index is 827. The Hall–Kier alpha value is -2.61. The summed E-state index contributed by atoms with van der Waals surface area (Å²) in [6, 6.07) is 13.0. The van der Waals surface area contributed by atoms with Gasteiger partial charge in [-0.15, -0.1) is 11.8 Å². The summed E-state index contributed by atoms with van der Waals surface area (Å²) in [5.41, 5.74) is 1.11. The predicted molar refractivity (Wildman–Crippen MR) is 103 cm³/mol. The largest absolute Gasteiger partial charge is 0.455 e. The molecule has 28 heavy (non-hydrogen) atoms. The second-order valence-electron chi connectivity index (χ2n) is 6.23. The summed E-state index contributed by atoms with van der Waals surface area (Å²) in [6.07, 6.45) is 0. The van der Waals surface area contributed by atoms with E-state index in [0.29, 0.717) is 26.2 Å². The van der Waals surface area contributed by atoms with Crippen molar-refractivity contribution in [2.24, 2.45) is 0 Å². The van der Waals surface area contributed by atoms with Crippen LogP contribution < -0.4 is 4.90 Å². The van der Waals surface area contributed by atoms with Gasteiger partial charge < -0.3 is 14.5 Å². The molecule has 1 heterocycles. The number of halogens is 2. The van der Waals surface area contributed by atoms with Gasteiger partial charge in [-0.05, 0) is 30.3 Å². The summed E-state index contributed by atoms with van der Waals surface area (Å²) >= 11 is 0.833. The SMILES string of the molecule is O=C(CSc1cc(F)ccc1F)OCC(=O)N1CCN(c2ccccc2)CC1. The fourth-order valence-corrected chi connectivity index (χ4v) is 3.61. The van der Waals surface area contributed by atoms with E-state index >= 15 is 0 Å². The summed E-state index contributed by atoms with van der Waals surface area (Å²) in [4.78, 5) is 27.9.